The Morgan fingerprint density at radius 3 is 2.18 bits per heavy atom. The predicted molar refractivity (Wildman–Crippen MR) is 44.7 cm³/mol. The summed E-state index contributed by atoms with van der Waals surface area (Å²) >= 11 is 11.3. The zero-order valence-corrected chi connectivity index (χ0v) is 7.10. The Kier molecular flexibility index (Phi) is 2.73. The van der Waals surface area contributed by atoms with Gasteiger partial charge in [-0.3, -0.25) is 0 Å². The highest BCUT2D eigenvalue weighted by Crippen LogP contribution is 2.29. The molecule has 1 rings (SSSR count). The first-order valence-electron chi connectivity index (χ1n) is 3.01. The molecule has 0 saturated carbocycles. The number of hydrogen-bond donors (Lipinski definition) is 2. The molecule has 0 heterocycles. The minimum absolute atomic E-state index is 0.603. The molecule has 1 aromatic rings. The van der Waals surface area contributed by atoms with Gasteiger partial charge in [-0.25, -0.2) is 0 Å². The molecule has 4 heteroatoms. The van der Waals surface area contributed by atoms with Gasteiger partial charge in [0.2, 0.25) is 4.46 Å². The lowest BCUT2D eigenvalue weighted by Crippen LogP contribution is -2.27. The Bertz CT molecular complexity index is 225. The molecule has 0 radical (unpaired) electrons. The Morgan fingerprint density at radius 1 is 1.18 bits per heavy atom. The topological polar surface area (TPSA) is 32.3 Å². The number of rotatable bonds is 2. The van der Waals surface area contributed by atoms with Gasteiger partial charge in [0, 0.05) is 5.56 Å². The number of nitrogens with one attached hydrogen (secondary N) is 1. The Hall–Kier alpha value is -0.280. The van der Waals surface area contributed by atoms with E-state index in [1.165, 1.54) is 0 Å². The summed E-state index contributed by atoms with van der Waals surface area (Å²) in [6, 6.07) is 8.83. The van der Waals surface area contributed by atoms with Gasteiger partial charge in [-0.2, -0.15) is 5.48 Å². The summed E-state index contributed by atoms with van der Waals surface area (Å²) < 4.78 is -1.42. The Balaban J connectivity index is 2.93. The summed E-state index contributed by atoms with van der Waals surface area (Å²) in [5, 5.41) is 8.53. The molecule has 0 unspecified atom stereocenters. The van der Waals surface area contributed by atoms with Crippen LogP contribution >= 0.6 is 23.2 Å². The molecule has 0 fully saturated rings. The van der Waals surface area contributed by atoms with Crippen molar-refractivity contribution in [2.45, 2.75) is 4.46 Å². The SMILES string of the molecule is ONC(Cl)(Cl)c1ccccc1. The first kappa shape index (κ1) is 8.81. The quantitative estimate of drug-likeness (QED) is 0.428. The molecule has 1 aromatic carbocycles. The Labute approximate surface area is 74.7 Å². The van der Waals surface area contributed by atoms with Crippen LogP contribution < -0.4 is 5.48 Å². The lowest BCUT2D eigenvalue weighted by atomic mass is 10.2. The van der Waals surface area contributed by atoms with Crippen molar-refractivity contribution in [2.75, 3.05) is 0 Å². The van der Waals surface area contributed by atoms with Crippen LogP contribution in [0.3, 0.4) is 0 Å². The van der Waals surface area contributed by atoms with Crippen LogP contribution in [0.5, 0.6) is 0 Å². The third-order valence-electron chi connectivity index (χ3n) is 1.28. The lowest BCUT2D eigenvalue weighted by molar-refractivity contribution is 0.140. The summed E-state index contributed by atoms with van der Waals surface area (Å²) in [6.07, 6.45) is 0. The van der Waals surface area contributed by atoms with Crippen molar-refractivity contribution in [1.29, 1.82) is 0 Å². The molecule has 2 nitrogen and oxygen atoms in total. The maximum atomic E-state index is 8.53. The van der Waals surface area contributed by atoms with E-state index in [0.717, 1.165) is 0 Å². The second kappa shape index (κ2) is 3.41. The van der Waals surface area contributed by atoms with Crippen LogP contribution in [0.25, 0.3) is 0 Å². The predicted octanol–water partition coefficient (Wildman–Crippen LogP) is 2.25. The molecule has 2 N–H and O–H groups in total. The number of benzene rings is 1. The molecule has 0 bridgehead atoms. The summed E-state index contributed by atoms with van der Waals surface area (Å²) in [4.78, 5) is 0. The van der Waals surface area contributed by atoms with E-state index in [1.54, 1.807) is 29.7 Å². The third-order valence-corrected chi connectivity index (χ3v) is 1.88. The minimum atomic E-state index is -1.42. The minimum Gasteiger partial charge on any atom is -0.314 e. The monoisotopic (exact) mass is 191 g/mol. The molecule has 0 amide bonds. The zero-order valence-electron chi connectivity index (χ0n) is 5.59. The molecule has 0 saturated heterocycles. The largest absolute Gasteiger partial charge is 0.314 e. The zero-order chi connectivity index (χ0) is 8.32. The van der Waals surface area contributed by atoms with Gasteiger partial charge < -0.3 is 5.21 Å². The van der Waals surface area contributed by atoms with Crippen molar-refractivity contribution < 1.29 is 5.21 Å². The molecule has 0 spiro atoms. The van der Waals surface area contributed by atoms with Crippen LogP contribution in [0, 0.1) is 0 Å². The third kappa shape index (κ3) is 2.07. The van der Waals surface area contributed by atoms with Crippen LogP contribution in [0.4, 0.5) is 0 Å². The molecular formula is C7H7Cl2NO. The number of hydrogen-bond acceptors (Lipinski definition) is 2. The number of hydroxylamine groups is 1. The maximum absolute atomic E-state index is 8.53. The van der Waals surface area contributed by atoms with Crippen LogP contribution in [0.2, 0.25) is 0 Å². The van der Waals surface area contributed by atoms with Crippen molar-refractivity contribution in [1.82, 2.24) is 5.48 Å². The standard InChI is InChI=1S/C7H7Cl2NO/c8-7(9,10-11)6-4-2-1-3-5-6/h1-5,10-11H. The van der Waals surface area contributed by atoms with E-state index in [-0.39, 0.29) is 0 Å². The van der Waals surface area contributed by atoms with E-state index in [2.05, 4.69) is 0 Å². The van der Waals surface area contributed by atoms with Crippen molar-refractivity contribution >= 4 is 23.2 Å². The second-order valence-corrected chi connectivity index (χ2v) is 3.38. The van der Waals surface area contributed by atoms with Gasteiger partial charge in [0.25, 0.3) is 0 Å². The van der Waals surface area contributed by atoms with Gasteiger partial charge in [0.1, 0.15) is 0 Å². The van der Waals surface area contributed by atoms with Gasteiger partial charge in [-0.05, 0) is 0 Å². The molecule has 0 aliphatic carbocycles. The average Bonchev–Trinajstić information content (AvgIpc) is 2.06. The highest BCUT2D eigenvalue weighted by molar-refractivity contribution is 6.47. The van der Waals surface area contributed by atoms with Crippen LogP contribution in [0.15, 0.2) is 30.3 Å². The van der Waals surface area contributed by atoms with Crippen molar-refractivity contribution in [2.24, 2.45) is 0 Å². The van der Waals surface area contributed by atoms with E-state index >= 15 is 0 Å². The fourth-order valence-corrected chi connectivity index (χ4v) is 0.964. The van der Waals surface area contributed by atoms with Crippen LogP contribution in [0.1, 0.15) is 5.56 Å². The molecule has 0 aromatic heterocycles. The van der Waals surface area contributed by atoms with Crippen molar-refractivity contribution in [3.05, 3.63) is 35.9 Å². The smallest absolute Gasteiger partial charge is 0.215 e. The van der Waals surface area contributed by atoms with Crippen LogP contribution in [-0.2, 0) is 4.46 Å². The van der Waals surface area contributed by atoms with E-state index < -0.39 is 4.46 Å². The van der Waals surface area contributed by atoms with E-state index in [9.17, 15) is 0 Å². The average molecular weight is 192 g/mol. The van der Waals surface area contributed by atoms with Gasteiger partial charge in [-0.1, -0.05) is 53.5 Å². The number of alkyl halides is 2. The normalized spacial score (nSPS) is 11.5. The summed E-state index contributed by atoms with van der Waals surface area (Å²) in [6.45, 7) is 0. The lowest BCUT2D eigenvalue weighted by Gasteiger charge is -2.16. The van der Waals surface area contributed by atoms with Gasteiger partial charge in [0.15, 0.2) is 0 Å². The van der Waals surface area contributed by atoms with E-state index in [1.807, 2.05) is 6.07 Å². The second-order valence-electron chi connectivity index (χ2n) is 2.05. The van der Waals surface area contributed by atoms with Crippen molar-refractivity contribution in [3.63, 3.8) is 0 Å². The summed E-state index contributed by atoms with van der Waals surface area (Å²) in [5.74, 6) is 0. The van der Waals surface area contributed by atoms with Gasteiger partial charge in [-0.15, -0.1) is 0 Å². The van der Waals surface area contributed by atoms with E-state index in [4.69, 9.17) is 28.4 Å². The first-order valence-corrected chi connectivity index (χ1v) is 3.77. The van der Waals surface area contributed by atoms with Gasteiger partial charge in [0.05, 0.1) is 0 Å². The molecular weight excluding hydrogens is 185 g/mol. The Morgan fingerprint density at radius 2 is 1.73 bits per heavy atom. The molecule has 0 aliphatic heterocycles. The highest BCUT2D eigenvalue weighted by Gasteiger charge is 2.24. The molecule has 0 atom stereocenters. The number of halogens is 2. The fraction of sp³-hybridized carbons (Fsp3) is 0.143. The van der Waals surface area contributed by atoms with Gasteiger partial charge >= 0.3 is 0 Å². The molecule has 60 valence electrons. The van der Waals surface area contributed by atoms with Crippen molar-refractivity contribution in [3.8, 4) is 0 Å². The summed E-state index contributed by atoms with van der Waals surface area (Å²) in [5.41, 5.74) is 2.39. The van der Waals surface area contributed by atoms with Crippen LogP contribution in [-0.4, -0.2) is 5.21 Å². The molecule has 11 heavy (non-hydrogen) atoms. The summed E-state index contributed by atoms with van der Waals surface area (Å²) in [7, 11) is 0. The fourth-order valence-electron chi connectivity index (χ4n) is 0.712. The highest BCUT2D eigenvalue weighted by atomic mass is 35.5. The molecule has 0 aliphatic rings. The first-order chi connectivity index (χ1) is 5.17. The maximum Gasteiger partial charge on any atom is 0.215 e. The van der Waals surface area contributed by atoms with E-state index in [0.29, 0.717) is 5.56 Å².